The van der Waals surface area contributed by atoms with Crippen LogP contribution in [0.2, 0.25) is 0 Å². The van der Waals surface area contributed by atoms with Crippen molar-refractivity contribution in [1.82, 2.24) is 0 Å². The molecule has 0 aromatic heterocycles. The average molecular weight is 242 g/mol. The molecule has 0 spiro atoms. The van der Waals surface area contributed by atoms with E-state index in [0.717, 1.165) is 6.07 Å². The van der Waals surface area contributed by atoms with Gasteiger partial charge in [0.1, 0.15) is 11.9 Å². The molecule has 0 aliphatic rings. The molecule has 0 aliphatic heterocycles. The van der Waals surface area contributed by atoms with Crippen LogP contribution < -0.4 is 0 Å². The second kappa shape index (κ2) is 5.47. The molecular weight excluding hydrogens is 233 g/mol. The number of carbonyl (C=O) groups is 1. The normalized spacial score (nSPS) is 9.62. The van der Waals surface area contributed by atoms with Crippen molar-refractivity contribution in [3.63, 3.8) is 0 Å². The Hall–Kier alpha value is -1.60. The Morgan fingerprint density at radius 1 is 1.62 bits per heavy atom. The maximum Gasteiger partial charge on any atom is 0.338 e. The summed E-state index contributed by atoms with van der Waals surface area (Å²) >= 11 is 5.61. The van der Waals surface area contributed by atoms with E-state index >= 15 is 0 Å². The van der Waals surface area contributed by atoms with Crippen molar-refractivity contribution in [3.8, 4) is 6.07 Å². The standard InChI is InChI=1S/C11H9ClFNO2/c1-2-16-11(15)7-3-4-10(13)9(6-14)8(7)5-12/h3-4H,2,5H2,1H3. The Balaban J connectivity index is 3.31. The molecule has 0 unspecified atom stereocenters. The van der Waals surface area contributed by atoms with Crippen LogP contribution in [0.3, 0.4) is 0 Å². The minimum absolute atomic E-state index is 0.116. The molecule has 16 heavy (non-hydrogen) atoms. The third-order valence-corrected chi connectivity index (χ3v) is 2.27. The van der Waals surface area contributed by atoms with E-state index in [1.165, 1.54) is 6.07 Å². The maximum atomic E-state index is 13.2. The van der Waals surface area contributed by atoms with Gasteiger partial charge in [-0.15, -0.1) is 11.6 Å². The Morgan fingerprint density at radius 3 is 2.81 bits per heavy atom. The number of hydrogen-bond acceptors (Lipinski definition) is 3. The SMILES string of the molecule is CCOC(=O)c1ccc(F)c(C#N)c1CCl. The van der Waals surface area contributed by atoms with E-state index in [9.17, 15) is 9.18 Å². The molecule has 0 saturated carbocycles. The summed E-state index contributed by atoms with van der Waals surface area (Å²) in [5.41, 5.74) is 0.0953. The fourth-order valence-electron chi connectivity index (χ4n) is 1.28. The predicted octanol–water partition coefficient (Wildman–Crippen LogP) is 2.61. The van der Waals surface area contributed by atoms with E-state index in [1.54, 1.807) is 13.0 Å². The second-order valence-electron chi connectivity index (χ2n) is 2.91. The molecule has 5 heteroatoms. The first-order valence-corrected chi connectivity index (χ1v) is 5.13. The molecule has 1 aromatic carbocycles. The predicted molar refractivity (Wildman–Crippen MR) is 56.6 cm³/mol. The van der Waals surface area contributed by atoms with Crippen LogP contribution in [0, 0.1) is 17.1 Å². The first kappa shape index (κ1) is 12.5. The number of halogens is 2. The van der Waals surface area contributed by atoms with Gasteiger partial charge in [-0.1, -0.05) is 0 Å². The van der Waals surface area contributed by atoms with Crippen LogP contribution in [-0.2, 0) is 10.6 Å². The Labute approximate surface area is 97.4 Å². The summed E-state index contributed by atoms with van der Waals surface area (Å²) in [5, 5.41) is 8.77. The average Bonchev–Trinajstić information content (AvgIpc) is 2.28. The van der Waals surface area contributed by atoms with Crippen LogP contribution in [0.15, 0.2) is 12.1 Å². The van der Waals surface area contributed by atoms with Gasteiger partial charge in [-0.2, -0.15) is 5.26 Å². The molecule has 1 rings (SSSR count). The van der Waals surface area contributed by atoms with E-state index < -0.39 is 11.8 Å². The van der Waals surface area contributed by atoms with Gasteiger partial charge < -0.3 is 4.74 Å². The lowest BCUT2D eigenvalue weighted by Gasteiger charge is -2.08. The number of alkyl halides is 1. The number of benzene rings is 1. The minimum Gasteiger partial charge on any atom is -0.462 e. The number of hydrogen-bond donors (Lipinski definition) is 0. The van der Waals surface area contributed by atoms with Gasteiger partial charge in [0, 0.05) is 11.4 Å². The number of nitriles is 1. The molecule has 0 amide bonds. The van der Waals surface area contributed by atoms with Gasteiger partial charge in [-0.25, -0.2) is 9.18 Å². The monoisotopic (exact) mass is 241 g/mol. The Kier molecular flexibility index (Phi) is 4.27. The van der Waals surface area contributed by atoms with Crippen molar-refractivity contribution in [2.75, 3.05) is 6.61 Å². The molecule has 0 N–H and O–H groups in total. The topological polar surface area (TPSA) is 50.1 Å². The smallest absolute Gasteiger partial charge is 0.338 e. The number of carbonyl (C=O) groups excluding carboxylic acids is 1. The summed E-state index contributed by atoms with van der Waals surface area (Å²) in [6, 6.07) is 4.01. The van der Waals surface area contributed by atoms with Crippen LogP contribution in [0.4, 0.5) is 4.39 Å². The molecule has 0 heterocycles. The summed E-state index contributed by atoms with van der Waals surface area (Å²) in [5.74, 6) is -1.41. The van der Waals surface area contributed by atoms with Crippen molar-refractivity contribution in [2.45, 2.75) is 12.8 Å². The van der Waals surface area contributed by atoms with E-state index in [0.29, 0.717) is 0 Å². The third kappa shape index (κ3) is 2.31. The van der Waals surface area contributed by atoms with Crippen LogP contribution >= 0.6 is 11.6 Å². The zero-order valence-corrected chi connectivity index (χ0v) is 9.34. The van der Waals surface area contributed by atoms with Gasteiger partial charge in [-0.3, -0.25) is 0 Å². The fraction of sp³-hybridized carbons (Fsp3) is 0.273. The molecule has 0 fully saturated rings. The zero-order valence-electron chi connectivity index (χ0n) is 8.59. The van der Waals surface area contributed by atoms with Crippen molar-refractivity contribution in [3.05, 3.63) is 34.6 Å². The number of ether oxygens (including phenoxy) is 1. The molecule has 0 radical (unpaired) electrons. The lowest BCUT2D eigenvalue weighted by atomic mass is 10.0. The highest BCUT2D eigenvalue weighted by Crippen LogP contribution is 2.20. The van der Waals surface area contributed by atoms with Gasteiger partial charge in [0.15, 0.2) is 0 Å². The largest absolute Gasteiger partial charge is 0.462 e. The van der Waals surface area contributed by atoms with Crippen LogP contribution in [0.25, 0.3) is 0 Å². The van der Waals surface area contributed by atoms with Crippen molar-refractivity contribution < 1.29 is 13.9 Å². The third-order valence-electron chi connectivity index (χ3n) is 2.00. The summed E-state index contributed by atoms with van der Waals surface area (Å²) in [6.07, 6.45) is 0. The maximum absolute atomic E-state index is 13.2. The highest BCUT2D eigenvalue weighted by Gasteiger charge is 2.18. The molecule has 0 atom stereocenters. The molecule has 0 saturated heterocycles. The molecular formula is C11H9ClFNO2. The van der Waals surface area contributed by atoms with Gasteiger partial charge in [0.05, 0.1) is 17.7 Å². The molecule has 1 aromatic rings. The Bertz CT molecular complexity index is 454. The number of rotatable bonds is 3. The zero-order chi connectivity index (χ0) is 12.1. The van der Waals surface area contributed by atoms with Crippen molar-refractivity contribution in [1.29, 1.82) is 5.26 Å². The summed E-state index contributed by atoms with van der Waals surface area (Å²) in [7, 11) is 0. The first-order chi connectivity index (χ1) is 7.65. The summed E-state index contributed by atoms with van der Waals surface area (Å²) in [6.45, 7) is 1.87. The minimum atomic E-state index is -0.689. The molecule has 3 nitrogen and oxygen atoms in total. The van der Waals surface area contributed by atoms with Gasteiger partial charge >= 0.3 is 5.97 Å². The lowest BCUT2D eigenvalue weighted by Crippen LogP contribution is -2.09. The Morgan fingerprint density at radius 2 is 2.31 bits per heavy atom. The number of esters is 1. The lowest BCUT2D eigenvalue weighted by molar-refractivity contribution is 0.0525. The molecule has 0 bridgehead atoms. The van der Waals surface area contributed by atoms with Crippen molar-refractivity contribution >= 4 is 17.6 Å². The quantitative estimate of drug-likeness (QED) is 0.604. The second-order valence-corrected chi connectivity index (χ2v) is 3.18. The highest BCUT2D eigenvalue weighted by molar-refractivity contribution is 6.18. The molecule has 0 aliphatic carbocycles. The fourth-order valence-corrected chi connectivity index (χ4v) is 1.56. The van der Waals surface area contributed by atoms with Crippen LogP contribution in [-0.4, -0.2) is 12.6 Å². The van der Waals surface area contributed by atoms with Crippen LogP contribution in [0.5, 0.6) is 0 Å². The highest BCUT2D eigenvalue weighted by atomic mass is 35.5. The van der Waals surface area contributed by atoms with E-state index in [4.69, 9.17) is 21.6 Å². The van der Waals surface area contributed by atoms with Gasteiger partial charge in [0.25, 0.3) is 0 Å². The van der Waals surface area contributed by atoms with Crippen molar-refractivity contribution in [2.24, 2.45) is 0 Å². The van der Waals surface area contributed by atoms with E-state index in [1.807, 2.05) is 0 Å². The van der Waals surface area contributed by atoms with E-state index in [2.05, 4.69) is 0 Å². The van der Waals surface area contributed by atoms with Crippen LogP contribution in [0.1, 0.15) is 28.4 Å². The van der Waals surface area contributed by atoms with Gasteiger partial charge in [0.2, 0.25) is 0 Å². The van der Waals surface area contributed by atoms with E-state index in [-0.39, 0.29) is 29.2 Å². The van der Waals surface area contributed by atoms with Gasteiger partial charge in [-0.05, 0) is 19.1 Å². The first-order valence-electron chi connectivity index (χ1n) is 4.60. The summed E-state index contributed by atoms with van der Waals surface area (Å²) in [4.78, 5) is 11.5. The molecule has 84 valence electrons. The number of nitrogens with zero attached hydrogens (tertiary/aromatic N) is 1. The summed E-state index contributed by atoms with van der Waals surface area (Å²) < 4.78 is 18.0.